The van der Waals surface area contributed by atoms with Crippen molar-refractivity contribution in [1.29, 1.82) is 0 Å². The highest BCUT2D eigenvalue weighted by molar-refractivity contribution is 7.85. The van der Waals surface area contributed by atoms with Gasteiger partial charge < -0.3 is 23.5 Å². The van der Waals surface area contributed by atoms with E-state index in [2.05, 4.69) is 27.7 Å². The van der Waals surface area contributed by atoms with Crippen LogP contribution in [0.1, 0.15) is 64.5 Å². The van der Waals surface area contributed by atoms with Crippen LogP contribution in [-0.4, -0.2) is 38.1 Å². The third-order valence-corrected chi connectivity index (χ3v) is 6.05. The van der Waals surface area contributed by atoms with Crippen molar-refractivity contribution in [2.24, 2.45) is 0 Å². The van der Waals surface area contributed by atoms with Gasteiger partial charge in [-0.05, 0) is 62.1 Å². The van der Waals surface area contributed by atoms with Crippen molar-refractivity contribution in [2.45, 2.75) is 70.2 Å². The number of rotatable bonds is 8. The van der Waals surface area contributed by atoms with Gasteiger partial charge in [0.1, 0.15) is 40.1 Å². The Balaban J connectivity index is 1.88. The van der Waals surface area contributed by atoms with Crippen molar-refractivity contribution in [2.75, 3.05) is 13.2 Å². The van der Waals surface area contributed by atoms with Gasteiger partial charge >= 0.3 is 0 Å². The van der Waals surface area contributed by atoms with Crippen LogP contribution in [-0.2, 0) is 19.6 Å². The van der Waals surface area contributed by atoms with E-state index < -0.39 is 15.9 Å². The van der Waals surface area contributed by atoms with Gasteiger partial charge in [0, 0.05) is 11.1 Å². The summed E-state index contributed by atoms with van der Waals surface area (Å²) in [5, 5.41) is 0. The minimum Gasteiger partial charge on any atom is -0.744 e. The van der Waals surface area contributed by atoms with Crippen LogP contribution in [0.4, 0.5) is 0 Å². The molecule has 0 aromatic heterocycles. The molecule has 1 heterocycles. The molecule has 0 radical (unpaired) electrons. The Morgan fingerprint density at radius 3 is 2.03 bits per heavy atom. The molecule has 1 saturated heterocycles. The van der Waals surface area contributed by atoms with Crippen molar-refractivity contribution in [3.8, 4) is 17.2 Å². The van der Waals surface area contributed by atoms with Gasteiger partial charge in [0.2, 0.25) is 0 Å². The van der Waals surface area contributed by atoms with E-state index in [0.29, 0.717) is 24.7 Å². The Kier molecular flexibility index (Phi) is 7.19. The predicted octanol–water partition coefficient (Wildman–Crippen LogP) is 5.16. The summed E-state index contributed by atoms with van der Waals surface area (Å²) in [7, 11) is -4.50. The second kappa shape index (κ2) is 9.39. The molecule has 0 aliphatic carbocycles. The molecule has 0 amide bonds. The maximum Gasteiger partial charge on any atom is 0.163 e. The fraction of sp³-hybridized carbons (Fsp3) is 0.500. The van der Waals surface area contributed by atoms with Gasteiger partial charge in [-0.25, -0.2) is 8.42 Å². The Hall–Kier alpha value is -2.13. The van der Waals surface area contributed by atoms with Crippen molar-refractivity contribution >= 4 is 10.1 Å². The number of hydrogen-bond donors (Lipinski definition) is 0. The third kappa shape index (κ3) is 6.01. The lowest BCUT2D eigenvalue weighted by atomic mass is 9.93. The summed E-state index contributed by atoms with van der Waals surface area (Å²) >= 11 is 0. The van der Waals surface area contributed by atoms with Crippen molar-refractivity contribution < 1.29 is 31.9 Å². The SMILES string of the molecule is CC(C)c1cc(OCC2COC(C)(C)O2)cc(C(C)C)c1Oc1ccc(S(=O)(=O)[O-])cc1. The van der Waals surface area contributed by atoms with Gasteiger partial charge in [0.05, 0.1) is 11.5 Å². The first-order valence-electron chi connectivity index (χ1n) is 10.7. The zero-order chi connectivity index (χ0) is 23.7. The molecule has 1 unspecified atom stereocenters. The zero-order valence-electron chi connectivity index (χ0n) is 19.4. The van der Waals surface area contributed by atoms with E-state index in [1.807, 2.05) is 26.0 Å². The summed E-state index contributed by atoms with van der Waals surface area (Å²) < 4.78 is 57.3. The van der Waals surface area contributed by atoms with E-state index in [0.717, 1.165) is 16.9 Å². The summed E-state index contributed by atoms with van der Waals surface area (Å²) in [5.41, 5.74) is 1.94. The lowest BCUT2D eigenvalue weighted by Crippen LogP contribution is -2.25. The molecule has 0 N–H and O–H groups in total. The summed E-state index contributed by atoms with van der Waals surface area (Å²) in [6.45, 7) is 12.9. The molecular weight excluding hydrogens is 432 g/mol. The minimum absolute atomic E-state index is 0.137. The number of benzene rings is 2. The van der Waals surface area contributed by atoms with E-state index in [4.69, 9.17) is 18.9 Å². The molecule has 1 aliphatic rings. The van der Waals surface area contributed by atoms with Gasteiger partial charge in [0.15, 0.2) is 5.79 Å². The predicted molar refractivity (Wildman–Crippen MR) is 119 cm³/mol. The second-order valence-electron chi connectivity index (χ2n) is 9.03. The van der Waals surface area contributed by atoms with Crippen LogP contribution < -0.4 is 9.47 Å². The van der Waals surface area contributed by atoms with Crippen molar-refractivity contribution in [3.05, 3.63) is 47.5 Å². The van der Waals surface area contributed by atoms with E-state index in [9.17, 15) is 13.0 Å². The molecule has 2 aromatic carbocycles. The first-order chi connectivity index (χ1) is 14.9. The zero-order valence-corrected chi connectivity index (χ0v) is 20.2. The smallest absolute Gasteiger partial charge is 0.163 e. The normalized spacial score (nSPS) is 18.3. The van der Waals surface area contributed by atoms with Crippen molar-refractivity contribution in [1.82, 2.24) is 0 Å². The minimum atomic E-state index is -4.50. The maximum absolute atomic E-state index is 11.2. The fourth-order valence-electron chi connectivity index (χ4n) is 3.53. The molecule has 0 spiro atoms. The molecule has 0 bridgehead atoms. The van der Waals surface area contributed by atoms with Crippen LogP contribution in [0.2, 0.25) is 0 Å². The van der Waals surface area contributed by atoms with Crippen LogP contribution >= 0.6 is 0 Å². The third-order valence-electron chi connectivity index (χ3n) is 5.20. The highest BCUT2D eigenvalue weighted by Gasteiger charge is 2.33. The fourth-order valence-corrected chi connectivity index (χ4v) is 4.00. The van der Waals surface area contributed by atoms with Crippen LogP contribution in [0.25, 0.3) is 0 Å². The van der Waals surface area contributed by atoms with E-state index in [1.54, 1.807) is 0 Å². The van der Waals surface area contributed by atoms with Crippen LogP contribution in [0.15, 0.2) is 41.3 Å². The number of hydrogen-bond acceptors (Lipinski definition) is 7. The van der Waals surface area contributed by atoms with Gasteiger partial charge in [-0.3, -0.25) is 0 Å². The Morgan fingerprint density at radius 2 is 1.59 bits per heavy atom. The van der Waals surface area contributed by atoms with Gasteiger partial charge in [-0.2, -0.15) is 0 Å². The summed E-state index contributed by atoms with van der Waals surface area (Å²) in [6.07, 6.45) is -0.137. The maximum atomic E-state index is 11.2. The highest BCUT2D eigenvalue weighted by Crippen LogP contribution is 2.41. The topological polar surface area (TPSA) is 94.1 Å². The largest absolute Gasteiger partial charge is 0.744 e. The Bertz CT molecular complexity index is 1010. The van der Waals surface area contributed by atoms with Crippen LogP contribution in [0.3, 0.4) is 0 Å². The van der Waals surface area contributed by atoms with E-state index >= 15 is 0 Å². The summed E-state index contributed by atoms with van der Waals surface area (Å²) in [5.74, 6) is 1.59. The van der Waals surface area contributed by atoms with Crippen molar-refractivity contribution in [3.63, 3.8) is 0 Å². The standard InChI is InChI=1S/C24H32O7S/c1-15(2)21-11-18(28-13-19-14-29-24(5,6)31-19)12-22(16(3)4)23(21)30-17-7-9-20(10-8-17)32(25,26)27/h7-12,15-16,19H,13-14H2,1-6H3,(H,25,26,27)/p-1. The van der Waals surface area contributed by atoms with Crippen LogP contribution in [0, 0.1) is 0 Å². The molecular formula is C24H31O7S-. The molecule has 1 atom stereocenters. The lowest BCUT2D eigenvalue weighted by molar-refractivity contribution is -0.141. The number of ether oxygens (including phenoxy) is 4. The molecule has 7 nitrogen and oxygen atoms in total. The second-order valence-corrected chi connectivity index (χ2v) is 10.4. The summed E-state index contributed by atoms with van der Waals surface area (Å²) in [4.78, 5) is -0.289. The van der Waals surface area contributed by atoms with Gasteiger partial charge in [-0.15, -0.1) is 0 Å². The van der Waals surface area contributed by atoms with Crippen LogP contribution in [0.5, 0.6) is 17.2 Å². The molecule has 32 heavy (non-hydrogen) atoms. The monoisotopic (exact) mass is 463 g/mol. The average Bonchev–Trinajstić information content (AvgIpc) is 3.05. The molecule has 0 saturated carbocycles. The first-order valence-corrected chi connectivity index (χ1v) is 12.1. The molecule has 176 valence electrons. The van der Waals surface area contributed by atoms with Gasteiger partial charge in [-0.1, -0.05) is 27.7 Å². The van der Waals surface area contributed by atoms with Gasteiger partial charge in [0.25, 0.3) is 0 Å². The molecule has 8 heteroatoms. The highest BCUT2D eigenvalue weighted by atomic mass is 32.2. The first kappa shape index (κ1) is 24.5. The Labute approximate surface area is 190 Å². The molecule has 3 rings (SSSR count). The molecule has 1 fully saturated rings. The quantitative estimate of drug-likeness (QED) is 0.499. The molecule has 2 aromatic rings. The lowest BCUT2D eigenvalue weighted by Gasteiger charge is -2.22. The molecule has 1 aliphatic heterocycles. The Morgan fingerprint density at radius 1 is 1.03 bits per heavy atom. The average molecular weight is 464 g/mol. The van der Waals surface area contributed by atoms with E-state index in [1.165, 1.54) is 24.3 Å². The summed E-state index contributed by atoms with van der Waals surface area (Å²) in [6, 6.07) is 9.41. The van der Waals surface area contributed by atoms with E-state index in [-0.39, 0.29) is 22.8 Å².